The molecule has 0 radical (unpaired) electrons. The van der Waals surface area contributed by atoms with Crippen molar-refractivity contribution in [1.82, 2.24) is 0 Å². The van der Waals surface area contributed by atoms with Crippen molar-refractivity contribution in [1.29, 1.82) is 0 Å². The smallest absolute Gasteiger partial charge is 0.339 e. The lowest BCUT2D eigenvalue weighted by atomic mass is 9.90. The first kappa shape index (κ1) is 26.0. The normalized spacial score (nSPS) is 14.5. The first-order valence-electron chi connectivity index (χ1n) is 11.2. The summed E-state index contributed by atoms with van der Waals surface area (Å²) in [4.78, 5) is 12.6. The van der Waals surface area contributed by atoms with Crippen molar-refractivity contribution < 1.29 is 14.0 Å². The summed E-state index contributed by atoms with van der Waals surface area (Å²) >= 11 is 0. The first-order valence-corrected chi connectivity index (χ1v) is 13.4. The molecule has 0 aliphatic heterocycles. The molecule has 0 spiro atoms. The standard InChI is InChI=1S/C26H40O3Si/c1-10-22(18-28-30(19(4)5,20(6)7)21(8)9)24(11-2)25(12-3)29-26(27)23-16-14-13-15-17-23/h3,13-21,24-25H,10-11H2,1-2,4-9H3/b22-18+. The van der Waals surface area contributed by atoms with Crippen LogP contribution in [0, 0.1) is 18.3 Å². The van der Waals surface area contributed by atoms with Crippen molar-refractivity contribution >= 4 is 14.3 Å². The van der Waals surface area contributed by atoms with Crippen LogP contribution in [0.5, 0.6) is 0 Å². The van der Waals surface area contributed by atoms with Gasteiger partial charge in [-0.25, -0.2) is 4.79 Å². The van der Waals surface area contributed by atoms with Gasteiger partial charge in [-0.1, -0.05) is 79.5 Å². The van der Waals surface area contributed by atoms with Crippen LogP contribution in [0.3, 0.4) is 0 Å². The van der Waals surface area contributed by atoms with Crippen molar-refractivity contribution in [3.8, 4) is 12.3 Å². The van der Waals surface area contributed by atoms with Crippen molar-refractivity contribution in [3.05, 3.63) is 47.7 Å². The molecule has 1 aromatic rings. The van der Waals surface area contributed by atoms with E-state index in [2.05, 4.69) is 61.3 Å². The molecule has 0 aliphatic carbocycles. The molecule has 30 heavy (non-hydrogen) atoms. The highest BCUT2D eigenvalue weighted by Gasteiger charge is 2.46. The number of hydrogen-bond donors (Lipinski definition) is 0. The maximum Gasteiger partial charge on any atom is 0.339 e. The molecule has 3 nitrogen and oxygen atoms in total. The minimum atomic E-state index is -2.03. The Hall–Kier alpha value is -1.99. The molecule has 0 aromatic heterocycles. The molecule has 0 N–H and O–H groups in total. The summed E-state index contributed by atoms with van der Waals surface area (Å²) in [5.74, 6) is 2.26. The molecule has 0 amide bonds. The maximum absolute atomic E-state index is 12.6. The van der Waals surface area contributed by atoms with Crippen LogP contribution < -0.4 is 0 Å². The fraction of sp³-hybridized carbons (Fsp3) is 0.577. The van der Waals surface area contributed by atoms with Gasteiger partial charge in [-0.05, 0) is 47.2 Å². The van der Waals surface area contributed by atoms with Crippen LogP contribution in [0.1, 0.15) is 78.6 Å². The predicted molar refractivity (Wildman–Crippen MR) is 129 cm³/mol. The molecule has 0 aliphatic rings. The summed E-state index contributed by atoms with van der Waals surface area (Å²) in [7, 11) is -2.03. The Morgan fingerprint density at radius 3 is 1.97 bits per heavy atom. The summed E-state index contributed by atoms with van der Waals surface area (Å²) in [6, 6.07) is 8.98. The minimum absolute atomic E-state index is 0.0640. The van der Waals surface area contributed by atoms with E-state index in [0.717, 1.165) is 18.4 Å². The van der Waals surface area contributed by atoms with Crippen LogP contribution in [0.2, 0.25) is 16.6 Å². The quantitative estimate of drug-likeness (QED) is 0.160. The third-order valence-corrected chi connectivity index (χ3v) is 12.2. The van der Waals surface area contributed by atoms with E-state index in [9.17, 15) is 4.79 Å². The van der Waals surface area contributed by atoms with E-state index in [0.29, 0.717) is 22.2 Å². The van der Waals surface area contributed by atoms with Crippen LogP contribution in [0.4, 0.5) is 0 Å². The number of benzene rings is 1. The second-order valence-corrected chi connectivity index (χ2v) is 14.3. The van der Waals surface area contributed by atoms with Gasteiger partial charge in [0.05, 0.1) is 11.8 Å². The van der Waals surface area contributed by atoms with Crippen LogP contribution in [-0.2, 0) is 9.16 Å². The molecule has 0 fully saturated rings. The van der Waals surface area contributed by atoms with Crippen molar-refractivity contribution in [2.24, 2.45) is 5.92 Å². The Balaban J connectivity index is 3.16. The average molecular weight is 429 g/mol. The molecule has 0 saturated carbocycles. The summed E-state index contributed by atoms with van der Waals surface area (Å²) in [6.45, 7) is 17.8. The fourth-order valence-corrected chi connectivity index (χ4v) is 9.85. The Labute approximate surface area is 185 Å². The molecular weight excluding hydrogens is 388 g/mol. The van der Waals surface area contributed by atoms with Gasteiger partial charge in [0.25, 0.3) is 8.32 Å². The van der Waals surface area contributed by atoms with Crippen molar-refractivity contribution in [3.63, 3.8) is 0 Å². The molecule has 2 atom stereocenters. The minimum Gasteiger partial charge on any atom is -0.548 e. The van der Waals surface area contributed by atoms with E-state index < -0.39 is 14.4 Å². The van der Waals surface area contributed by atoms with Gasteiger partial charge < -0.3 is 9.16 Å². The highest BCUT2D eigenvalue weighted by Crippen LogP contribution is 2.43. The molecule has 0 saturated heterocycles. The average Bonchev–Trinajstić information content (AvgIpc) is 2.71. The van der Waals surface area contributed by atoms with E-state index in [1.54, 1.807) is 12.1 Å². The second-order valence-electron chi connectivity index (χ2n) is 8.86. The SMILES string of the molecule is C#CC(OC(=O)c1ccccc1)C(CC)/C(=C/O[Si](C(C)C)(C(C)C)C(C)C)CC. The highest BCUT2D eigenvalue weighted by atomic mass is 28.4. The molecule has 166 valence electrons. The van der Waals surface area contributed by atoms with E-state index in [1.807, 2.05) is 24.5 Å². The van der Waals surface area contributed by atoms with Crippen LogP contribution >= 0.6 is 0 Å². The topological polar surface area (TPSA) is 35.5 Å². The fourth-order valence-electron chi connectivity index (χ4n) is 4.68. The van der Waals surface area contributed by atoms with E-state index in [1.165, 1.54) is 0 Å². The van der Waals surface area contributed by atoms with E-state index in [-0.39, 0.29) is 11.9 Å². The van der Waals surface area contributed by atoms with E-state index >= 15 is 0 Å². The number of hydrogen-bond acceptors (Lipinski definition) is 3. The van der Waals surface area contributed by atoms with Gasteiger partial charge >= 0.3 is 5.97 Å². The maximum atomic E-state index is 12.6. The highest BCUT2D eigenvalue weighted by molar-refractivity contribution is 6.77. The van der Waals surface area contributed by atoms with Crippen LogP contribution in [0.25, 0.3) is 0 Å². The Morgan fingerprint density at radius 1 is 1.03 bits per heavy atom. The Bertz CT molecular complexity index is 707. The van der Waals surface area contributed by atoms with Gasteiger partial charge in [-0.3, -0.25) is 0 Å². The summed E-state index contributed by atoms with van der Waals surface area (Å²) in [6.07, 6.45) is 8.73. The number of esters is 1. The summed E-state index contributed by atoms with van der Waals surface area (Å²) in [5, 5.41) is 0. The lowest BCUT2D eigenvalue weighted by molar-refractivity contribution is 0.0322. The van der Waals surface area contributed by atoms with Crippen molar-refractivity contribution in [2.75, 3.05) is 0 Å². The second kappa shape index (κ2) is 12.0. The zero-order valence-electron chi connectivity index (χ0n) is 20.1. The Morgan fingerprint density at radius 2 is 1.57 bits per heavy atom. The monoisotopic (exact) mass is 428 g/mol. The van der Waals surface area contributed by atoms with Gasteiger partial charge in [0, 0.05) is 5.92 Å². The zero-order chi connectivity index (χ0) is 22.9. The van der Waals surface area contributed by atoms with Gasteiger partial charge in [-0.15, -0.1) is 6.42 Å². The van der Waals surface area contributed by atoms with Gasteiger partial charge in [-0.2, -0.15) is 0 Å². The van der Waals surface area contributed by atoms with Gasteiger partial charge in [0.15, 0.2) is 6.10 Å². The van der Waals surface area contributed by atoms with Crippen LogP contribution in [-0.4, -0.2) is 20.4 Å². The van der Waals surface area contributed by atoms with Gasteiger partial charge in [0.1, 0.15) is 0 Å². The largest absolute Gasteiger partial charge is 0.548 e. The molecule has 1 aromatic carbocycles. The molecule has 0 bridgehead atoms. The molecular formula is C26H40O3Si. The lowest BCUT2D eigenvalue weighted by Crippen LogP contribution is -2.46. The lowest BCUT2D eigenvalue weighted by Gasteiger charge is -2.41. The molecule has 0 heterocycles. The Kier molecular flexibility index (Phi) is 10.4. The van der Waals surface area contributed by atoms with E-state index in [4.69, 9.17) is 15.6 Å². The third kappa shape index (κ3) is 6.01. The summed E-state index contributed by atoms with van der Waals surface area (Å²) < 4.78 is 12.4. The molecule has 1 rings (SSSR count). The first-order chi connectivity index (χ1) is 14.1. The number of ether oxygens (including phenoxy) is 1. The van der Waals surface area contributed by atoms with Crippen LogP contribution in [0.15, 0.2) is 42.2 Å². The number of carbonyl (C=O) groups is 1. The molecule has 4 heteroatoms. The number of rotatable bonds is 11. The number of carbonyl (C=O) groups excluding carboxylic acids is 1. The van der Waals surface area contributed by atoms with Gasteiger partial charge in [0.2, 0.25) is 0 Å². The zero-order valence-corrected chi connectivity index (χ0v) is 21.1. The molecule has 2 unspecified atom stereocenters. The summed E-state index contributed by atoms with van der Waals surface area (Å²) in [5.41, 5.74) is 3.10. The third-order valence-electron chi connectivity index (χ3n) is 6.22. The van der Waals surface area contributed by atoms with Crippen molar-refractivity contribution in [2.45, 2.75) is 91.0 Å². The predicted octanol–water partition coefficient (Wildman–Crippen LogP) is 7.36. The number of terminal acetylenes is 1.